The van der Waals surface area contributed by atoms with Gasteiger partial charge in [0.05, 0.1) is 13.2 Å². The van der Waals surface area contributed by atoms with Crippen molar-refractivity contribution in [3.8, 4) is 5.75 Å². The molecule has 106 valence electrons. The summed E-state index contributed by atoms with van der Waals surface area (Å²) in [5, 5.41) is 3.56. The molecule has 0 saturated carbocycles. The highest BCUT2D eigenvalue weighted by atomic mass is 79.9. The lowest BCUT2D eigenvalue weighted by Crippen LogP contribution is -2.22. The van der Waals surface area contributed by atoms with Gasteiger partial charge in [0.2, 0.25) is 0 Å². The summed E-state index contributed by atoms with van der Waals surface area (Å²) in [7, 11) is 1.70. The lowest BCUT2D eigenvalue weighted by molar-refractivity contribution is 0.414. The van der Waals surface area contributed by atoms with Crippen LogP contribution in [0.5, 0.6) is 5.75 Å². The van der Waals surface area contributed by atoms with Crippen LogP contribution in [0.3, 0.4) is 0 Å². The summed E-state index contributed by atoms with van der Waals surface area (Å²) in [6, 6.07) is 14.9. The zero-order valence-electron chi connectivity index (χ0n) is 12.1. The Bertz CT molecular complexity index is 566. The molecule has 3 heteroatoms. The van der Waals surface area contributed by atoms with Gasteiger partial charge in [-0.1, -0.05) is 41.1 Å². The summed E-state index contributed by atoms with van der Waals surface area (Å²) in [6.45, 7) is 5.18. The van der Waals surface area contributed by atoms with Crippen LogP contribution in [0.2, 0.25) is 0 Å². The number of methoxy groups -OCH3 is 1. The lowest BCUT2D eigenvalue weighted by atomic mass is 9.95. The molecule has 0 heterocycles. The number of benzene rings is 2. The van der Waals surface area contributed by atoms with Crippen molar-refractivity contribution in [1.82, 2.24) is 5.32 Å². The van der Waals surface area contributed by atoms with Crippen molar-refractivity contribution in [2.45, 2.75) is 19.9 Å². The minimum Gasteiger partial charge on any atom is -0.497 e. The Morgan fingerprint density at radius 1 is 1.15 bits per heavy atom. The molecule has 1 N–H and O–H groups in total. The van der Waals surface area contributed by atoms with Gasteiger partial charge < -0.3 is 10.1 Å². The van der Waals surface area contributed by atoms with Crippen LogP contribution >= 0.6 is 15.9 Å². The fraction of sp³-hybridized carbons (Fsp3) is 0.294. The normalized spacial score (nSPS) is 12.2. The Morgan fingerprint density at radius 3 is 2.40 bits per heavy atom. The van der Waals surface area contributed by atoms with Crippen LogP contribution in [-0.2, 0) is 0 Å². The van der Waals surface area contributed by atoms with Gasteiger partial charge in [-0.25, -0.2) is 0 Å². The van der Waals surface area contributed by atoms with Gasteiger partial charge in [-0.2, -0.15) is 0 Å². The number of nitrogens with one attached hydrogen (secondary N) is 1. The molecule has 2 aromatic rings. The minimum absolute atomic E-state index is 0.207. The zero-order chi connectivity index (χ0) is 14.5. The molecule has 20 heavy (non-hydrogen) atoms. The summed E-state index contributed by atoms with van der Waals surface area (Å²) >= 11 is 3.49. The van der Waals surface area contributed by atoms with Crippen molar-refractivity contribution in [2.24, 2.45) is 0 Å². The van der Waals surface area contributed by atoms with Crippen molar-refractivity contribution in [3.63, 3.8) is 0 Å². The molecular weight excluding hydrogens is 314 g/mol. The molecular formula is C17H20BrNO. The van der Waals surface area contributed by atoms with E-state index in [1.54, 1.807) is 7.11 Å². The number of rotatable bonds is 5. The van der Waals surface area contributed by atoms with Gasteiger partial charge in [-0.05, 0) is 54.4 Å². The molecule has 0 bridgehead atoms. The maximum atomic E-state index is 5.28. The number of aryl methyl sites for hydroxylation is 1. The van der Waals surface area contributed by atoms with Gasteiger partial charge in [0.1, 0.15) is 5.75 Å². The highest BCUT2D eigenvalue weighted by Crippen LogP contribution is 2.28. The number of halogens is 1. The minimum atomic E-state index is 0.207. The third kappa shape index (κ3) is 3.41. The van der Waals surface area contributed by atoms with Crippen LogP contribution in [0.4, 0.5) is 0 Å². The Hall–Kier alpha value is -1.32. The van der Waals surface area contributed by atoms with Crippen molar-refractivity contribution in [1.29, 1.82) is 0 Å². The fourth-order valence-corrected chi connectivity index (χ4v) is 2.63. The average molecular weight is 334 g/mol. The molecule has 1 atom stereocenters. The first-order valence-electron chi connectivity index (χ1n) is 6.79. The van der Waals surface area contributed by atoms with Gasteiger partial charge in [-0.3, -0.25) is 0 Å². The first kappa shape index (κ1) is 15.1. The van der Waals surface area contributed by atoms with E-state index in [1.165, 1.54) is 16.7 Å². The molecule has 2 nitrogen and oxygen atoms in total. The summed E-state index contributed by atoms with van der Waals surface area (Å²) in [5.74, 6) is 0.900. The molecule has 0 aliphatic rings. The van der Waals surface area contributed by atoms with Gasteiger partial charge in [0.25, 0.3) is 0 Å². The van der Waals surface area contributed by atoms with E-state index in [1.807, 2.05) is 6.07 Å². The quantitative estimate of drug-likeness (QED) is 0.871. The van der Waals surface area contributed by atoms with E-state index in [0.717, 1.165) is 16.8 Å². The number of ether oxygens (including phenoxy) is 1. The van der Waals surface area contributed by atoms with Crippen LogP contribution in [0.15, 0.2) is 46.9 Å². The maximum Gasteiger partial charge on any atom is 0.119 e. The number of hydrogen-bond donors (Lipinski definition) is 1. The predicted octanol–water partition coefficient (Wildman–Crippen LogP) is 4.47. The smallest absolute Gasteiger partial charge is 0.119 e. The standard InChI is InChI=1S/C17H20BrNO/c1-4-19-17(13-5-7-14(18)8-6-13)16-10-9-15(20-3)11-12(16)2/h5-11,17,19H,4H2,1-3H3. The molecule has 0 radical (unpaired) electrons. The van der Waals surface area contributed by atoms with Crippen LogP contribution < -0.4 is 10.1 Å². The highest BCUT2D eigenvalue weighted by Gasteiger charge is 2.15. The van der Waals surface area contributed by atoms with E-state index >= 15 is 0 Å². The maximum absolute atomic E-state index is 5.28. The SMILES string of the molecule is CCNC(c1ccc(Br)cc1)c1ccc(OC)cc1C. The first-order chi connectivity index (χ1) is 9.65. The predicted molar refractivity (Wildman–Crippen MR) is 87.4 cm³/mol. The molecule has 0 spiro atoms. The highest BCUT2D eigenvalue weighted by molar-refractivity contribution is 9.10. The van der Waals surface area contributed by atoms with E-state index in [4.69, 9.17) is 4.74 Å². The fourth-order valence-electron chi connectivity index (χ4n) is 2.37. The molecule has 0 aliphatic carbocycles. The molecule has 0 aliphatic heterocycles. The molecule has 0 fully saturated rings. The molecule has 2 rings (SSSR count). The Labute approximate surface area is 129 Å². The van der Waals surface area contributed by atoms with Gasteiger partial charge in [0.15, 0.2) is 0 Å². The summed E-state index contributed by atoms with van der Waals surface area (Å²) < 4.78 is 6.38. The summed E-state index contributed by atoms with van der Waals surface area (Å²) in [5.41, 5.74) is 3.79. The second-order valence-corrected chi connectivity index (χ2v) is 5.68. The first-order valence-corrected chi connectivity index (χ1v) is 7.58. The Morgan fingerprint density at radius 2 is 1.85 bits per heavy atom. The van der Waals surface area contributed by atoms with E-state index in [0.29, 0.717) is 0 Å². The van der Waals surface area contributed by atoms with E-state index in [-0.39, 0.29) is 6.04 Å². The lowest BCUT2D eigenvalue weighted by Gasteiger charge is -2.21. The van der Waals surface area contributed by atoms with Crippen molar-refractivity contribution >= 4 is 15.9 Å². The number of hydrogen-bond acceptors (Lipinski definition) is 2. The van der Waals surface area contributed by atoms with Gasteiger partial charge in [-0.15, -0.1) is 0 Å². The third-order valence-corrected chi connectivity index (χ3v) is 3.93. The van der Waals surface area contributed by atoms with E-state index < -0.39 is 0 Å². The van der Waals surface area contributed by atoms with Crippen LogP contribution in [0, 0.1) is 6.92 Å². The van der Waals surface area contributed by atoms with Gasteiger partial charge >= 0.3 is 0 Å². The Balaban J connectivity index is 2.40. The van der Waals surface area contributed by atoms with Crippen LogP contribution in [-0.4, -0.2) is 13.7 Å². The largest absolute Gasteiger partial charge is 0.497 e. The summed E-state index contributed by atoms with van der Waals surface area (Å²) in [4.78, 5) is 0. The van der Waals surface area contributed by atoms with Crippen LogP contribution in [0.25, 0.3) is 0 Å². The second kappa shape index (κ2) is 6.91. The van der Waals surface area contributed by atoms with Crippen molar-refractivity contribution in [3.05, 3.63) is 63.6 Å². The van der Waals surface area contributed by atoms with Gasteiger partial charge in [0, 0.05) is 4.47 Å². The Kier molecular flexibility index (Phi) is 5.21. The topological polar surface area (TPSA) is 21.3 Å². The zero-order valence-corrected chi connectivity index (χ0v) is 13.7. The second-order valence-electron chi connectivity index (χ2n) is 4.76. The molecule has 2 aromatic carbocycles. The monoisotopic (exact) mass is 333 g/mol. The molecule has 1 unspecified atom stereocenters. The molecule has 0 saturated heterocycles. The van der Waals surface area contributed by atoms with Crippen LogP contribution in [0.1, 0.15) is 29.7 Å². The molecule has 0 amide bonds. The van der Waals surface area contributed by atoms with E-state index in [9.17, 15) is 0 Å². The van der Waals surface area contributed by atoms with Crippen molar-refractivity contribution < 1.29 is 4.74 Å². The summed E-state index contributed by atoms with van der Waals surface area (Å²) in [6.07, 6.45) is 0. The van der Waals surface area contributed by atoms with Crippen molar-refractivity contribution in [2.75, 3.05) is 13.7 Å². The third-order valence-electron chi connectivity index (χ3n) is 3.40. The van der Waals surface area contributed by atoms with E-state index in [2.05, 4.69) is 71.5 Å². The average Bonchev–Trinajstić information content (AvgIpc) is 2.46. The molecule has 0 aromatic heterocycles.